The molecular weight excluding hydrogens is 252 g/mol. The van der Waals surface area contributed by atoms with E-state index in [-0.39, 0.29) is 11.5 Å². The van der Waals surface area contributed by atoms with Crippen molar-refractivity contribution in [1.29, 1.82) is 0 Å². The lowest BCUT2D eigenvalue weighted by molar-refractivity contribution is 0.451. The SMILES string of the molecule is Oc1ccc(-c2nc3c(Cl)cccc3[nH]2)c(O)c1. The number of aromatic nitrogens is 2. The fraction of sp³-hybridized carbons (Fsp3) is 0. The van der Waals surface area contributed by atoms with Gasteiger partial charge in [-0.05, 0) is 24.3 Å². The van der Waals surface area contributed by atoms with Crippen LogP contribution in [0.25, 0.3) is 22.4 Å². The average Bonchev–Trinajstić information content (AvgIpc) is 2.74. The molecule has 18 heavy (non-hydrogen) atoms. The molecule has 0 aliphatic rings. The number of aromatic hydroxyl groups is 2. The summed E-state index contributed by atoms with van der Waals surface area (Å²) in [5.41, 5.74) is 1.96. The third-order valence-corrected chi connectivity index (χ3v) is 3.00. The summed E-state index contributed by atoms with van der Waals surface area (Å²) in [6.45, 7) is 0. The smallest absolute Gasteiger partial charge is 0.142 e. The molecule has 4 nitrogen and oxygen atoms in total. The molecule has 1 heterocycles. The monoisotopic (exact) mass is 260 g/mol. The molecule has 5 heteroatoms. The molecule has 0 amide bonds. The minimum absolute atomic E-state index is 0.00499. The number of nitrogens with one attached hydrogen (secondary N) is 1. The first-order valence-corrected chi connectivity index (χ1v) is 5.69. The minimum atomic E-state index is -0.0369. The van der Waals surface area contributed by atoms with Gasteiger partial charge < -0.3 is 15.2 Å². The minimum Gasteiger partial charge on any atom is -0.508 e. The lowest BCUT2D eigenvalue weighted by Gasteiger charge is -2.01. The Hall–Kier alpha value is -2.20. The quantitative estimate of drug-likeness (QED) is 0.629. The van der Waals surface area contributed by atoms with E-state index < -0.39 is 0 Å². The van der Waals surface area contributed by atoms with E-state index in [4.69, 9.17) is 11.6 Å². The van der Waals surface area contributed by atoms with Gasteiger partial charge in [0.25, 0.3) is 0 Å². The van der Waals surface area contributed by atoms with E-state index in [0.29, 0.717) is 21.9 Å². The Morgan fingerprint density at radius 2 is 1.94 bits per heavy atom. The fourth-order valence-corrected chi connectivity index (χ4v) is 2.06. The topological polar surface area (TPSA) is 69.1 Å². The molecule has 2 aromatic carbocycles. The second kappa shape index (κ2) is 3.92. The maximum absolute atomic E-state index is 9.79. The predicted molar refractivity (Wildman–Crippen MR) is 69.9 cm³/mol. The molecule has 0 atom stereocenters. The van der Waals surface area contributed by atoms with Gasteiger partial charge in [-0.2, -0.15) is 0 Å². The maximum atomic E-state index is 9.79. The second-order valence-electron chi connectivity index (χ2n) is 3.92. The Balaban J connectivity index is 2.23. The van der Waals surface area contributed by atoms with Gasteiger partial charge in [0.15, 0.2) is 0 Å². The van der Waals surface area contributed by atoms with Crippen LogP contribution >= 0.6 is 11.6 Å². The van der Waals surface area contributed by atoms with Crippen LogP contribution in [0, 0.1) is 0 Å². The van der Waals surface area contributed by atoms with Crippen LogP contribution < -0.4 is 0 Å². The zero-order valence-electron chi connectivity index (χ0n) is 9.18. The van der Waals surface area contributed by atoms with Gasteiger partial charge in [-0.25, -0.2) is 4.98 Å². The number of hydrogen-bond acceptors (Lipinski definition) is 3. The third kappa shape index (κ3) is 1.67. The van der Waals surface area contributed by atoms with Crippen molar-refractivity contribution in [2.45, 2.75) is 0 Å². The normalized spacial score (nSPS) is 10.9. The highest BCUT2D eigenvalue weighted by molar-refractivity contribution is 6.35. The highest BCUT2D eigenvalue weighted by atomic mass is 35.5. The number of fused-ring (bicyclic) bond motifs is 1. The number of H-pyrrole nitrogens is 1. The molecule has 0 spiro atoms. The van der Waals surface area contributed by atoms with Gasteiger partial charge >= 0.3 is 0 Å². The molecule has 0 aliphatic heterocycles. The van der Waals surface area contributed by atoms with Crippen molar-refractivity contribution in [3.63, 3.8) is 0 Å². The summed E-state index contributed by atoms with van der Waals surface area (Å²) < 4.78 is 0. The van der Waals surface area contributed by atoms with Crippen LogP contribution in [0.15, 0.2) is 36.4 Å². The van der Waals surface area contributed by atoms with Crippen LogP contribution in [0.4, 0.5) is 0 Å². The molecule has 0 saturated heterocycles. The van der Waals surface area contributed by atoms with Crippen molar-refractivity contribution in [3.8, 4) is 22.9 Å². The molecule has 0 saturated carbocycles. The van der Waals surface area contributed by atoms with E-state index in [1.165, 1.54) is 12.1 Å². The first-order valence-electron chi connectivity index (χ1n) is 5.32. The van der Waals surface area contributed by atoms with E-state index in [1.807, 2.05) is 12.1 Å². The van der Waals surface area contributed by atoms with Crippen molar-refractivity contribution in [3.05, 3.63) is 41.4 Å². The Morgan fingerprint density at radius 1 is 1.11 bits per heavy atom. The molecule has 90 valence electrons. The fourth-order valence-electron chi connectivity index (χ4n) is 1.84. The number of imidazole rings is 1. The van der Waals surface area contributed by atoms with E-state index in [0.717, 1.165) is 5.52 Å². The van der Waals surface area contributed by atoms with Crippen LogP contribution in [0.3, 0.4) is 0 Å². The van der Waals surface area contributed by atoms with E-state index >= 15 is 0 Å². The van der Waals surface area contributed by atoms with Crippen molar-refractivity contribution in [2.75, 3.05) is 0 Å². The number of phenolic OH excluding ortho intramolecular Hbond substituents is 2. The summed E-state index contributed by atoms with van der Waals surface area (Å²) in [5.74, 6) is 0.478. The standard InChI is InChI=1S/C13H9ClN2O2/c14-9-2-1-3-10-12(9)16-13(15-10)8-5-4-7(17)6-11(8)18/h1-6,17-18H,(H,15,16). The highest BCUT2D eigenvalue weighted by Crippen LogP contribution is 2.32. The van der Waals surface area contributed by atoms with E-state index in [1.54, 1.807) is 12.1 Å². The molecule has 0 fully saturated rings. The summed E-state index contributed by atoms with van der Waals surface area (Å²) in [6.07, 6.45) is 0. The number of rotatable bonds is 1. The Morgan fingerprint density at radius 3 is 2.67 bits per heavy atom. The zero-order chi connectivity index (χ0) is 12.7. The van der Waals surface area contributed by atoms with Gasteiger partial charge in [0.2, 0.25) is 0 Å². The number of benzene rings is 2. The van der Waals surface area contributed by atoms with Crippen LogP contribution in [-0.4, -0.2) is 20.2 Å². The molecule has 3 N–H and O–H groups in total. The van der Waals surface area contributed by atoms with Crippen LogP contribution in [0.2, 0.25) is 5.02 Å². The average molecular weight is 261 g/mol. The largest absolute Gasteiger partial charge is 0.508 e. The molecule has 0 bridgehead atoms. The van der Waals surface area contributed by atoms with Gasteiger partial charge in [0.05, 0.1) is 16.1 Å². The molecular formula is C13H9ClN2O2. The zero-order valence-corrected chi connectivity index (χ0v) is 9.94. The Bertz CT molecular complexity index is 737. The number of aromatic amines is 1. The number of nitrogens with zero attached hydrogens (tertiary/aromatic N) is 1. The van der Waals surface area contributed by atoms with Crippen molar-refractivity contribution in [2.24, 2.45) is 0 Å². The first kappa shape index (κ1) is 10.9. The molecule has 1 aromatic heterocycles. The van der Waals surface area contributed by atoms with Crippen LogP contribution in [0.1, 0.15) is 0 Å². The maximum Gasteiger partial charge on any atom is 0.142 e. The van der Waals surface area contributed by atoms with Crippen LogP contribution in [-0.2, 0) is 0 Å². The first-order chi connectivity index (χ1) is 8.65. The van der Waals surface area contributed by atoms with Gasteiger partial charge in [-0.15, -0.1) is 0 Å². The lowest BCUT2D eigenvalue weighted by Crippen LogP contribution is -1.81. The molecule has 0 radical (unpaired) electrons. The van der Waals surface area contributed by atoms with Gasteiger partial charge in [0.1, 0.15) is 22.8 Å². The van der Waals surface area contributed by atoms with Crippen molar-refractivity contribution in [1.82, 2.24) is 9.97 Å². The van der Waals surface area contributed by atoms with Crippen molar-refractivity contribution >= 4 is 22.6 Å². The Kier molecular flexibility index (Phi) is 2.38. The summed E-state index contributed by atoms with van der Waals surface area (Å²) in [6, 6.07) is 9.79. The molecule has 3 aromatic rings. The molecule has 3 rings (SSSR count). The number of halogens is 1. The second-order valence-corrected chi connectivity index (χ2v) is 4.33. The highest BCUT2D eigenvalue weighted by Gasteiger charge is 2.11. The van der Waals surface area contributed by atoms with Gasteiger partial charge in [-0.3, -0.25) is 0 Å². The van der Waals surface area contributed by atoms with Crippen molar-refractivity contribution < 1.29 is 10.2 Å². The molecule has 0 unspecified atom stereocenters. The lowest BCUT2D eigenvalue weighted by atomic mass is 10.2. The summed E-state index contributed by atoms with van der Waals surface area (Å²) in [5, 5.41) is 19.6. The van der Waals surface area contributed by atoms with E-state index in [9.17, 15) is 10.2 Å². The number of para-hydroxylation sites is 1. The summed E-state index contributed by atoms with van der Waals surface area (Å²) >= 11 is 6.04. The van der Waals surface area contributed by atoms with Gasteiger partial charge in [0, 0.05) is 6.07 Å². The summed E-state index contributed by atoms with van der Waals surface area (Å²) in [4.78, 5) is 7.42. The predicted octanol–water partition coefficient (Wildman–Crippen LogP) is 3.29. The molecule has 0 aliphatic carbocycles. The Labute approximate surface area is 107 Å². The third-order valence-electron chi connectivity index (χ3n) is 2.70. The van der Waals surface area contributed by atoms with Gasteiger partial charge in [-0.1, -0.05) is 17.7 Å². The van der Waals surface area contributed by atoms with E-state index in [2.05, 4.69) is 9.97 Å². The number of phenols is 2. The number of hydrogen-bond donors (Lipinski definition) is 3. The summed E-state index contributed by atoms with van der Waals surface area (Å²) in [7, 11) is 0. The van der Waals surface area contributed by atoms with Crippen LogP contribution in [0.5, 0.6) is 11.5 Å².